The fourth-order valence-electron chi connectivity index (χ4n) is 4.06. The van der Waals surface area contributed by atoms with E-state index in [4.69, 9.17) is 0 Å². The molecular weight excluding hydrogens is 390 g/mol. The standard InChI is InChI=1S/C25H31N3O3/c1-4-18-8-10-19(11-9-18)22-21(23(29)20-12-14-26-15-13-20)24(30)25(31)28(22)17-7-16-27(5-2)6-3/h8-15,22,29H,4-7,16-17H2,1-3H3/b23-21+. The van der Waals surface area contributed by atoms with Crippen molar-refractivity contribution in [1.29, 1.82) is 0 Å². The molecule has 0 bridgehead atoms. The van der Waals surface area contributed by atoms with Crippen molar-refractivity contribution in [3.05, 3.63) is 71.1 Å². The molecule has 1 amide bonds. The van der Waals surface area contributed by atoms with Gasteiger partial charge in [0.1, 0.15) is 5.76 Å². The highest BCUT2D eigenvalue weighted by atomic mass is 16.3. The van der Waals surface area contributed by atoms with Crippen LogP contribution >= 0.6 is 0 Å². The molecule has 0 aliphatic carbocycles. The molecule has 6 nitrogen and oxygen atoms in total. The number of carbonyl (C=O) groups is 2. The molecule has 31 heavy (non-hydrogen) atoms. The monoisotopic (exact) mass is 421 g/mol. The number of aliphatic hydroxyl groups is 1. The van der Waals surface area contributed by atoms with Crippen molar-refractivity contribution in [3.8, 4) is 0 Å². The normalized spacial score (nSPS) is 18.2. The van der Waals surface area contributed by atoms with Gasteiger partial charge in [-0.3, -0.25) is 14.6 Å². The van der Waals surface area contributed by atoms with Crippen LogP contribution in [0.4, 0.5) is 0 Å². The van der Waals surface area contributed by atoms with Gasteiger partial charge in [-0.2, -0.15) is 0 Å². The van der Waals surface area contributed by atoms with Crippen LogP contribution in [0.3, 0.4) is 0 Å². The van der Waals surface area contributed by atoms with E-state index in [1.807, 2.05) is 24.3 Å². The van der Waals surface area contributed by atoms with E-state index in [0.717, 1.165) is 38.0 Å². The minimum absolute atomic E-state index is 0.142. The van der Waals surface area contributed by atoms with Gasteiger partial charge in [0.25, 0.3) is 11.7 Å². The Labute approximate surface area is 184 Å². The lowest BCUT2D eigenvalue weighted by Crippen LogP contribution is -2.33. The lowest BCUT2D eigenvalue weighted by Gasteiger charge is -2.27. The summed E-state index contributed by atoms with van der Waals surface area (Å²) >= 11 is 0. The van der Waals surface area contributed by atoms with Crippen LogP contribution in [0.2, 0.25) is 0 Å². The van der Waals surface area contributed by atoms with Gasteiger partial charge in [-0.15, -0.1) is 0 Å². The average molecular weight is 422 g/mol. The van der Waals surface area contributed by atoms with Crippen molar-refractivity contribution < 1.29 is 14.7 Å². The molecule has 0 radical (unpaired) electrons. The maximum absolute atomic E-state index is 13.0. The van der Waals surface area contributed by atoms with Crippen LogP contribution in [0.25, 0.3) is 5.76 Å². The Morgan fingerprint density at radius 1 is 1.03 bits per heavy atom. The van der Waals surface area contributed by atoms with E-state index >= 15 is 0 Å². The summed E-state index contributed by atoms with van der Waals surface area (Å²) in [6.07, 6.45) is 4.77. The molecule has 1 fully saturated rings. The lowest BCUT2D eigenvalue weighted by atomic mass is 9.94. The predicted octanol–water partition coefficient (Wildman–Crippen LogP) is 3.80. The highest BCUT2D eigenvalue weighted by Gasteiger charge is 2.45. The van der Waals surface area contributed by atoms with Crippen molar-refractivity contribution in [3.63, 3.8) is 0 Å². The molecule has 2 heterocycles. The molecule has 1 atom stereocenters. The highest BCUT2D eigenvalue weighted by molar-refractivity contribution is 6.46. The van der Waals surface area contributed by atoms with Crippen molar-refractivity contribution in [1.82, 2.24) is 14.8 Å². The first-order valence-corrected chi connectivity index (χ1v) is 11.0. The van der Waals surface area contributed by atoms with E-state index in [1.54, 1.807) is 29.4 Å². The molecule has 164 valence electrons. The summed E-state index contributed by atoms with van der Waals surface area (Å²) in [6, 6.07) is 10.6. The minimum atomic E-state index is -0.637. The van der Waals surface area contributed by atoms with E-state index in [1.165, 1.54) is 5.56 Å². The molecule has 1 saturated heterocycles. The van der Waals surface area contributed by atoms with Gasteiger partial charge in [0.2, 0.25) is 0 Å². The number of aliphatic hydroxyl groups excluding tert-OH is 1. The van der Waals surface area contributed by atoms with E-state index in [-0.39, 0.29) is 11.3 Å². The van der Waals surface area contributed by atoms with Crippen LogP contribution in [0.1, 0.15) is 49.9 Å². The number of ketones is 1. The fourth-order valence-corrected chi connectivity index (χ4v) is 4.06. The van der Waals surface area contributed by atoms with Crippen LogP contribution in [0, 0.1) is 0 Å². The molecule has 1 aromatic carbocycles. The summed E-state index contributed by atoms with van der Waals surface area (Å²) in [7, 11) is 0. The second kappa shape index (κ2) is 10.4. The van der Waals surface area contributed by atoms with Gasteiger partial charge in [-0.25, -0.2) is 0 Å². The molecule has 0 saturated carbocycles. The molecule has 6 heteroatoms. The largest absolute Gasteiger partial charge is 0.507 e. The Bertz CT molecular complexity index is 934. The molecule has 1 aromatic heterocycles. The van der Waals surface area contributed by atoms with Gasteiger partial charge in [0.05, 0.1) is 11.6 Å². The van der Waals surface area contributed by atoms with Crippen LogP contribution in [-0.4, -0.2) is 57.8 Å². The van der Waals surface area contributed by atoms with Gasteiger partial charge >= 0.3 is 0 Å². The van der Waals surface area contributed by atoms with E-state index in [2.05, 4.69) is 30.7 Å². The maximum Gasteiger partial charge on any atom is 0.295 e. The quantitative estimate of drug-likeness (QED) is 0.379. The highest BCUT2D eigenvalue weighted by Crippen LogP contribution is 2.39. The number of hydrogen-bond donors (Lipinski definition) is 1. The van der Waals surface area contributed by atoms with Crippen molar-refractivity contribution in [2.75, 3.05) is 26.2 Å². The molecule has 2 aromatic rings. The van der Waals surface area contributed by atoms with Gasteiger partial charge in [-0.1, -0.05) is 45.0 Å². The number of benzene rings is 1. The third kappa shape index (κ3) is 4.85. The number of likely N-dealkylation sites (tertiary alicyclic amines) is 1. The summed E-state index contributed by atoms with van der Waals surface area (Å²) in [4.78, 5) is 33.9. The Morgan fingerprint density at radius 2 is 1.68 bits per heavy atom. The topological polar surface area (TPSA) is 73.7 Å². The Kier molecular flexibility index (Phi) is 7.58. The molecule has 1 unspecified atom stereocenters. The first-order valence-electron chi connectivity index (χ1n) is 11.0. The Balaban J connectivity index is 2.00. The predicted molar refractivity (Wildman–Crippen MR) is 121 cm³/mol. The van der Waals surface area contributed by atoms with Crippen molar-refractivity contribution in [2.45, 2.75) is 39.7 Å². The number of hydrogen-bond acceptors (Lipinski definition) is 5. The molecule has 1 aliphatic heterocycles. The number of pyridine rings is 1. The molecule has 1 aliphatic rings. The second-order valence-electron chi connectivity index (χ2n) is 7.70. The van der Waals surface area contributed by atoms with Crippen LogP contribution in [-0.2, 0) is 16.0 Å². The number of aryl methyl sites for hydroxylation is 1. The van der Waals surface area contributed by atoms with Gasteiger partial charge in [0.15, 0.2) is 0 Å². The zero-order chi connectivity index (χ0) is 22.4. The Hall–Kier alpha value is -2.99. The number of amides is 1. The zero-order valence-corrected chi connectivity index (χ0v) is 18.5. The second-order valence-corrected chi connectivity index (χ2v) is 7.70. The van der Waals surface area contributed by atoms with Crippen LogP contribution < -0.4 is 0 Å². The number of nitrogens with zero attached hydrogens (tertiary/aromatic N) is 3. The van der Waals surface area contributed by atoms with Gasteiger partial charge in [-0.05, 0) is 55.7 Å². The average Bonchev–Trinajstić information content (AvgIpc) is 3.07. The summed E-state index contributed by atoms with van der Waals surface area (Å²) in [6.45, 7) is 9.49. The smallest absolute Gasteiger partial charge is 0.295 e. The van der Waals surface area contributed by atoms with Crippen molar-refractivity contribution in [2.24, 2.45) is 0 Å². The number of carbonyl (C=O) groups excluding carboxylic acids is 2. The number of aromatic nitrogens is 1. The molecule has 3 rings (SSSR count). The van der Waals surface area contributed by atoms with Crippen molar-refractivity contribution >= 4 is 17.4 Å². The number of rotatable bonds is 9. The van der Waals surface area contributed by atoms with E-state index in [9.17, 15) is 14.7 Å². The summed E-state index contributed by atoms with van der Waals surface area (Å²) < 4.78 is 0. The van der Waals surface area contributed by atoms with Gasteiger partial charge < -0.3 is 14.9 Å². The van der Waals surface area contributed by atoms with Gasteiger partial charge in [0, 0.05) is 24.5 Å². The SMILES string of the molecule is CCc1ccc(C2/C(=C(\O)c3ccncc3)C(=O)C(=O)N2CCCN(CC)CC)cc1. The summed E-state index contributed by atoms with van der Waals surface area (Å²) in [5.41, 5.74) is 2.63. The first kappa shape index (κ1) is 22.7. The maximum atomic E-state index is 13.0. The molecule has 0 spiro atoms. The Morgan fingerprint density at radius 3 is 2.26 bits per heavy atom. The lowest BCUT2D eigenvalue weighted by molar-refractivity contribution is -0.140. The third-order valence-electron chi connectivity index (χ3n) is 5.97. The summed E-state index contributed by atoms with van der Waals surface area (Å²) in [5, 5.41) is 11.0. The van der Waals surface area contributed by atoms with E-state index in [0.29, 0.717) is 12.1 Å². The van der Waals surface area contributed by atoms with Crippen LogP contribution in [0.5, 0.6) is 0 Å². The van der Waals surface area contributed by atoms with Crippen LogP contribution in [0.15, 0.2) is 54.4 Å². The fraction of sp³-hybridized carbons (Fsp3) is 0.400. The third-order valence-corrected chi connectivity index (χ3v) is 5.97. The molecule has 1 N–H and O–H groups in total. The minimum Gasteiger partial charge on any atom is -0.507 e. The van der Waals surface area contributed by atoms with E-state index < -0.39 is 17.7 Å². The number of Topliss-reactive ketones (excluding diaryl/α,β-unsaturated/α-hetero) is 1. The first-order chi connectivity index (χ1) is 15.0. The molecular formula is C25H31N3O3. The summed E-state index contributed by atoms with van der Waals surface area (Å²) in [5.74, 6) is -1.35. The zero-order valence-electron chi connectivity index (χ0n) is 18.5.